The topological polar surface area (TPSA) is 135 Å². The van der Waals surface area contributed by atoms with E-state index in [2.05, 4.69) is 10.3 Å². The van der Waals surface area contributed by atoms with Crippen LogP contribution in [-0.4, -0.2) is 51.9 Å². The highest BCUT2D eigenvalue weighted by Gasteiger charge is 2.45. The Kier molecular flexibility index (Phi) is 4.33. The fourth-order valence-corrected chi connectivity index (χ4v) is 2.94. The third-order valence-corrected chi connectivity index (χ3v) is 3.87. The van der Waals surface area contributed by atoms with Crippen molar-refractivity contribution in [3.63, 3.8) is 0 Å². The minimum atomic E-state index is -1.06. The van der Waals surface area contributed by atoms with E-state index in [1.807, 2.05) is 0 Å². The van der Waals surface area contributed by atoms with Crippen LogP contribution in [0.4, 0.5) is 0 Å². The van der Waals surface area contributed by atoms with Gasteiger partial charge in [-0.1, -0.05) is 0 Å². The summed E-state index contributed by atoms with van der Waals surface area (Å²) in [6.45, 7) is 0.925. The van der Waals surface area contributed by atoms with E-state index >= 15 is 0 Å². The maximum absolute atomic E-state index is 11.2. The van der Waals surface area contributed by atoms with Crippen molar-refractivity contribution < 1.29 is 24.5 Å². The molecule has 0 radical (unpaired) electrons. The summed E-state index contributed by atoms with van der Waals surface area (Å²) in [7, 11) is 0. The third kappa shape index (κ3) is 2.80. The number of nitrogens with zero attached hydrogens (tertiary/aromatic N) is 1. The second-order valence-corrected chi connectivity index (χ2v) is 5.32. The quantitative estimate of drug-likeness (QED) is 0.537. The molecule has 1 fully saturated rings. The molecule has 1 aromatic heterocycles. The molecule has 0 aliphatic carbocycles. The van der Waals surface area contributed by atoms with E-state index in [0.717, 1.165) is 11.3 Å². The Labute approximate surface area is 118 Å². The van der Waals surface area contributed by atoms with E-state index in [9.17, 15) is 14.7 Å². The molecule has 1 saturated heterocycles. The molecule has 8 nitrogen and oxygen atoms in total. The number of rotatable bonds is 4. The zero-order chi connectivity index (χ0) is 14.9. The number of nitrogens with two attached hydrogens (primary N) is 1. The number of primary amides is 1. The van der Waals surface area contributed by atoms with Crippen molar-refractivity contribution >= 4 is 23.2 Å². The molecular formula is C11H15N3O5S. The van der Waals surface area contributed by atoms with Crippen molar-refractivity contribution in [2.24, 2.45) is 5.73 Å². The van der Waals surface area contributed by atoms with Crippen LogP contribution in [0.15, 0.2) is 5.38 Å². The van der Waals surface area contributed by atoms with E-state index in [0.29, 0.717) is 5.01 Å². The lowest BCUT2D eigenvalue weighted by atomic mass is 10.1. The van der Waals surface area contributed by atoms with Gasteiger partial charge >= 0.3 is 0 Å². The lowest BCUT2D eigenvalue weighted by molar-refractivity contribution is -0.120. The Bertz CT molecular complexity index is 520. The molecule has 110 valence electrons. The van der Waals surface area contributed by atoms with Gasteiger partial charge in [-0.05, 0) is 0 Å². The highest BCUT2D eigenvalue weighted by Crippen LogP contribution is 2.35. The van der Waals surface area contributed by atoms with Gasteiger partial charge in [0.1, 0.15) is 29.0 Å². The average molecular weight is 301 g/mol. The summed E-state index contributed by atoms with van der Waals surface area (Å²) >= 11 is 1.14. The molecule has 0 saturated carbocycles. The van der Waals surface area contributed by atoms with Gasteiger partial charge in [0.2, 0.25) is 5.91 Å². The minimum Gasteiger partial charge on any atom is -0.394 e. The van der Waals surface area contributed by atoms with E-state index < -0.39 is 30.3 Å². The molecule has 2 heterocycles. The van der Waals surface area contributed by atoms with Gasteiger partial charge in [-0.2, -0.15) is 0 Å². The number of thiazole rings is 1. The molecule has 2 amide bonds. The number of ether oxygens (including phenoxy) is 1. The monoisotopic (exact) mass is 301 g/mol. The van der Waals surface area contributed by atoms with Gasteiger partial charge in [0.25, 0.3) is 5.91 Å². The zero-order valence-corrected chi connectivity index (χ0v) is 11.5. The minimum absolute atomic E-state index is 0.0945. The molecule has 20 heavy (non-hydrogen) atoms. The number of amides is 2. The fraction of sp³-hybridized carbons (Fsp3) is 0.545. The highest BCUT2D eigenvalue weighted by molar-refractivity contribution is 7.09. The van der Waals surface area contributed by atoms with Gasteiger partial charge in [-0.15, -0.1) is 11.3 Å². The molecule has 2 rings (SSSR count). The van der Waals surface area contributed by atoms with Crippen molar-refractivity contribution in [1.82, 2.24) is 10.3 Å². The number of aliphatic hydroxyl groups excluding tert-OH is 2. The number of nitrogens with one attached hydrogen (secondary N) is 1. The first-order chi connectivity index (χ1) is 9.43. The molecule has 5 N–H and O–H groups in total. The summed E-state index contributed by atoms with van der Waals surface area (Å²) in [5.41, 5.74) is 5.22. The first-order valence-corrected chi connectivity index (χ1v) is 6.78. The maximum Gasteiger partial charge on any atom is 0.268 e. The lowest BCUT2D eigenvalue weighted by Crippen LogP contribution is -2.45. The molecule has 0 spiro atoms. The Morgan fingerprint density at radius 1 is 1.60 bits per heavy atom. The largest absolute Gasteiger partial charge is 0.394 e. The van der Waals surface area contributed by atoms with Crippen LogP contribution >= 0.6 is 11.3 Å². The summed E-state index contributed by atoms with van der Waals surface area (Å²) in [4.78, 5) is 26.3. The number of aliphatic hydroxyl groups is 2. The van der Waals surface area contributed by atoms with E-state index in [-0.39, 0.29) is 18.2 Å². The standard InChI is InChI=1S/C11H15N3O5S/c1-4(16)13-7-8(17)6(2-15)19-9(7)11-14-5(3-20-11)10(12)18/h3,6-9,15,17H,2H2,1H3,(H2,12,18)(H,13,16)/t6-,7+,8-,9-/m1/s1. The highest BCUT2D eigenvalue weighted by atomic mass is 32.1. The summed E-state index contributed by atoms with van der Waals surface area (Å²) in [5, 5.41) is 23.6. The van der Waals surface area contributed by atoms with Crippen LogP contribution in [-0.2, 0) is 9.53 Å². The third-order valence-electron chi connectivity index (χ3n) is 2.96. The molecule has 4 atom stereocenters. The fourth-order valence-electron chi connectivity index (χ4n) is 2.05. The van der Waals surface area contributed by atoms with Gasteiger partial charge in [0, 0.05) is 12.3 Å². The molecule has 0 bridgehead atoms. The second-order valence-electron chi connectivity index (χ2n) is 4.43. The normalized spacial score (nSPS) is 29.4. The van der Waals surface area contributed by atoms with Crippen LogP contribution in [0.2, 0.25) is 0 Å². The summed E-state index contributed by atoms with van der Waals surface area (Å²) in [6.07, 6.45) is -2.61. The second kappa shape index (κ2) is 5.83. The summed E-state index contributed by atoms with van der Waals surface area (Å²) in [6, 6.07) is -0.739. The predicted octanol–water partition coefficient (Wildman–Crippen LogP) is -1.46. The Morgan fingerprint density at radius 2 is 2.30 bits per heavy atom. The number of aromatic nitrogens is 1. The number of carbonyl (C=O) groups is 2. The molecular weight excluding hydrogens is 286 g/mol. The maximum atomic E-state index is 11.2. The van der Waals surface area contributed by atoms with Crippen molar-refractivity contribution in [2.75, 3.05) is 6.61 Å². The van der Waals surface area contributed by atoms with Crippen molar-refractivity contribution in [3.05, 3.63) is 16.1 Å². The molecule has 1 aliphatic rings. The first-order valence-electron chi connectivity index (χ1n) is 5.90. The van der Waals surface area contributed by atoms with Crippen LogP contribution < -0.4 is 11.1 Å². The van der Waals surface area contributed by atoms with Crippen molar-refractivity contribution in [1.29, 1.82) is 0 Å². The van der Waals surface area contributed by atoms with Gasteiger partial charge in [0.15, 0.2) is 0 Å². The van der Waals surface area contributed by atoms with E-state index in [1.165, 1.54) is 12.3 Å². The molecule has 0 aromatic carbocycles. The van der Waals surface area contributed by atoms with E-state index in [4.69, 9.17) is 15.6 Å². The Morgan fingerprint density at radius 3 is 2.80 bits per heavy atom. The smallest absolute Gasteiger partial charge is 0.268 e. The van der Waals surface area contributed by atoms with Crippen LogP contribution in [0.1, 0.15) is 28.5 Å². The first kappa shape index (κ1) is 14.9. The van der Waals surface area contributed by atoms with Gasteiger partial charge in [0.05, 0.1) is 12.6 Å². The molecule has 0 unspecified atom stereocenters. The Hall–Kier alpha value is -1.55. The molecule has 1 aliphatic heterocycles. The van der Waals surface area contributed by atoms with Gasteiger partial charge in [-0.25, -0.2) is 4.98 Å². The SMILES string of the molecule is CC(=O)N[C@H]1[C@H](O)[C@@H](CO)O[C@H]1c1nc(C(N)=O)cs1. The van der Waals surface area contributed by atoms with E-state index in [1.54, 1.807) is 0 Å². The summed E-state index contributed by atoms with van der Waals surface area (Å²) in [5.74, 6) is -1.01. The lowest BCUT2D eigenvalue weighted by Gasteiger charge is -2.19. The predicted molar refractivity (Wildman–Crippen MR) is 68.9 cm³/mol. The van der Waals surface area contributed by atoms with Gasteiger partial charge < -0.3 is 26.0 Å². The van der Waals surface area contributed by atoms with Crippen LogP contribution in [0, 0.1) is 0 Å². The number of hydrogen-bond donors (Lipinski definition) is 4. The zero-order valence-electron chi connectivity index (χ0n) is 10.6. The average Bonchev–Trinajstić information content (AvgIpc) is 2.96. The number of hydrogen-bond acceptors (Lipinski definition) is 7. The Balaban J connectivity index is 2.26. The van der Waals surface area contributed by atoms with Crippen LogP contribution in [0.25, 0.3) is 0 Å². The number of carbonyl (C=O) groups excluding carboxylic acids is 2. The van der Waals surface area contributed by atoms with Crippen LogP contribution in [0.5, 0.6) is 0 Å². The van der Waals surface area contributed by atoms with Crippen LogP contribution in [0.3, 0.4) is 0 Å². The summed E-state index contributed by atoms with van der Waals surface area (Å²) < 4.78 is 5.50. The van der Waals surface area contributed by atoms with Gasteiger partial charge in [-0.3, -0.25) is 9.59 Å². The molecule has 9 heteroatoms. The molecule has 1 aromatic rings. The van der Waals surface area contributed by atoms with Crippen molar-refractivity contribution in [3.8, 4) is 0 Å². The van der Waals surface area contributed by atoms with Crippen molar-refractivity contribution in [2.45, 2.75) is 31.3 Å².